The fourth-order valence-corrected chi connectivity index (χ4v) is 2.66. The Balaban J connectivity index is 1.65. The summed E-state index contributed by atoms with van der Waals surface area (Å²) >= 11 is 0. The third-order valence-electron chi connectivity index (χ3n) is 4.13. The molecule has 96 valence electrons. The molecule has 1 aliphatic heterocycles. The summed E-state index contributed by atoms with van der Waals surface area (Å²) in [6.45, 7) is 2.77. The second-order valence-electron chi connectivity index (χ2n) is 5.42. The maximum atomic E-state index is 12.0. The zero-order valence-corrected chi connectivity index (χ0v) is 10.7. The fourth-order valence-electron chi connectivity index (χ4n) is 2.66. The summed E-state index contributed by atoms with van der Waals surface area (Å²) in [4.78, 5) is 12.0. The van der Waals surface area contributed by atoms with Crippen molar-refractivity contribution in [2.24, 2.45) is 5.92 Å². The fraction of sp³-hybridized carbons (Fsp3) is 0.533. The van der Waals surface area contributed by atoms with Crippen molar-refractivity contribution in [3.8, 4) is 0 Å². The Kier molecular flexibility index (Phi) is 3.33. The van der Waals surface area contributed by atoms with Crippen molar-refractivity contribution in [2.75, 3.05) is 13.1 Å². The number of carbonyl (C=O) groups is 1. The minimum atomic E-state index is 0.0790. The lowest BCUT2D eigenvalue weighted by Gasteiger charge is -2.25. The van der Waals surface area contributed by atoms with Crippen molar-refractivity contribution < 1.29 is 4.79 Å². The van der Waals surface area contributed by atoms with Crippen LogP contribution < -0.4 is 10.6 Å². The van der Waals surface area contributed by atoms with Gasteiger partial charge in [-0.3, -0.25) is 4.79 Å². The second-order valence-corrected chi connectivity index (χ2v) is 5.42. The number of carbonyl (C=O) groups excluding carboxylic acids is 1. The average molecular weight is 244 g/mol. The first-order chi connectivity index (χ1) is 8.83. The highest BCUT2D eigenvalue weighted by molar-refractivity contribution is 5.94. The van der Waals surface area contributed by atoms with Crippen LogP contribution in [0.5, 0.6) is 0 Å². The minimum absolute atomic E-state index is 0.0790. The first-order valence-electron chi connectivity index (χ1n) is 6.93. The van der Waals surface area contributed by atoms with Gasteiger partial charge in [0.25, 0.3) is 5.91 Å². The summed E-state index contributed by atoms with van der Waals surface area (Å²) < 4.78 is 0. The molecule has 3 nitrogen and oxygen atoms in total. The number of nitrogens with one attached hydrogen (secondary N) is 2. The third kappa shape index (κ3) is 2.41. The molecule has 1 heterocycles. The van der Waals surface area contributed by atoms with Crippen LogP contribution in [0.25, 0.3) is 0 Å². The van der Waals surface area contributed by atoms with Gasteiger partial charge in [0.2, 0.25) is 0 Å². The highest BCUT2D eigenvalue weighted by atomic mass is 16.1. The van der Waals surface area contributed by atoms with E-state index in [9.17, 15) is 4.79 Å². The van der Waals surface area contributed by atoms with Crippen LogP contribution in [0.2, 0.25) is 0 Å². The van der Waals surface area contributed by atoms with Gasteiger partial charge >= 0.3 is 0 Å². The molecule has 0 aromatic heterocycles. The van der Waals surface area contributed by atoms with Crippen molar-refractivity contribution in [2.45, 2.75) is 32.2 Å². The molecule has 0 atom stereocenters. The van der Waals surface area contributed by atoms with E-state index in [1.807, 2.05) is 12.1 Å². The Labute approximate surface area is 108 Å². The van der Waals surface area contributed by atoms with E-state index in [1.165, 1.54) is 30.4 Å². The van der Waals surface area contributed by atoms with Gasteiger partial charge in [0.05, 0.1) is 0 Å². The number of fused-ring (bicyclic) bond motifs is 1. The molecule has 1 saturated carbocycles. The molecule has 1 aromatic rings. The molecule has 1 aromatic carbocycles. The summed E-state index contributed by atoms with van der Waals surface area (Å²) in [6, 6.07) is 6.10. The summed E-state index contributed by atoms with van der Waals surface area (Å²) in [6.07, 6.45) is 4.94. The molecule has 1 aliphatic carbocycles. The maximum Gasteiger partial charge on any atom is 0.251 e. The maximum absolute atomic E-state index is 12.0. The zero-order valence-electron chi connectivity index (χ0n) is 10.7. The lowest BCUT2D eigenvalue weighted by atomic mass is 9.85. The van der Waals surface area contributed by atoms with Crippen molar-refractivity contribution in [1.82, 2.24) is 10.6 Å². The van der Waals surface area contributed by atoms with E-state index < -0.39 is 0 Å². The zero-order chi connectivity index (χ0) is 12.4. The van der Waals surface area contributed by atoms with Gasteiger partial charge in [0.1, 0.15) is 0 Å². The normalized spacial score (nSPS) is 18.9. The Morgan fingerprint density at radius 2 is 2.22 bits per heavy atom. The van der Waals surface area contributed by atoms with Crippen LogP contribution in [0, 0.1) is 5.92 Å². The molecule has 1 amide bonds. The van der Waals surface area contributed by atoms with Crippen LogP contribution >= 0.6 is 0 Å². The SMILES string of the molecule is O=C(NCC1CCC1)c1ccc2c(c1)CNCC2. The van der Waals surface area contributed by atoms with Crippen LogP contribution in [0.3, 0.4) is 0 Å². The van der Waals surface area contributed by atoms with Gasteiger partial charge in [-0.1, -0.05) is 12.5 Å². The molecule has 3 rings (SSSR count). The van der Waals surface area contributed by atoms with E-state index in [-0.39, 0.29) is 5.91 Å². The molecule has 0 unspecified atom stereocenters. The standard InChI is InChI=1S/C15H20N2O/c18-15(17-9-11-2-1-3-11)13-5-4-12-6-7-16-10-14(12)8-13/h4-5,8,11,16H,1-3,6-7,9-10H2,(H,17,18). The van der Waals surface area contributed by atoms with E-state index >= 15 is 0 Å². The van der Waals surface area contributed by atoms with Gasteiger partial charge in [-0.25, -0.2) is 0 Å². The molecule has 0 bridgehead atoms. The first-order valence-corrected chi connectivity index (χ1v) is 6.93. The van der Waals surface area contributed by atoms with Crippen LogP contribution in [-0.4, -0.2) is 19.0 Å². The van der Waals surface area contributed by atoms with Crippen molar-refractivity contribution in [1.29, 1.82) is 0 Å². The van der Waals surface area contributed by atoms with Crippen LogP contribution in [0.1, 0.15) is 40.7 Å². The molecular weight excluding hydrogens is 224 g/mol. The van der Waals surface area contributed by atoms with Gasteiger partial charge in [-0.2, -0.15) is 0 Å². The number of amides is 1. The predicted molar refractivity (Wildman–Crippen MR) is 71.5 cm³/mol. The van der Waals surface area contributed by atoms with Gasteiger partial charge in [0.15, 0.2) is 0 Å². The Morgan fingerprint density at radius 1 is 1.33 bits per heavy atom. The Morgan fingerprint density at radius 3 is 3.00 bits per heavy atom. The Bertz CT molecular complexity index is 452. The van der Waals surface area contributed by atoms with Gasteiger partial charge in [0, 0.05) is 18.7 Å². The molecule has 0 spiro atoms. The molecular formula is C15H20N2O. The molecule has 3 heteroatoms. The third-order valence-corrected chi connectivity index (χ3v) is 4.13. The highest BCUT2D eigenvalue weighted by Gasteiger charge is 2.18. The van der Waals surface area contributed by atoms with Gasteiger partial charge in [-0.05, 0) is 55.0 Å². The number of hydrogen-bond acceptors (Lipinski definition) is 2. The summed E-state index contributed by atoms with van der Waals surface area (Å²) in [7, 11) is 0. The van der Waals surface area contributed by atoms with E-state index in [1.54, 1.807) is 0 Å². The quantitative estimate of drug-likeness (QED) is 0.852. The monoisotopic (exact) mass is 244 g/mol. The van der Waals surface area contributed by atoms with Crippen molar-refractivity contribution in [3.63, 3.8) is 0 Å². The second kappa shape index (κ2) is 5.11. The average Bonchev–Trinajstić information content (AvgIpc) is 2.36. The molecule has 2 N–H and O–H groups in total. The summed E-state index contributed by atoms with van der Waals surface area (Å²) in [5.41, 5.74) is 3.46. The molecule has 2 aliphatic rings. The van der Waals surface area contributed by atoms with E-state index in [0.29, 0.717) is 5.92 Å². The van der Waals surface area contributed by atoms with Gasteiger partial charge in [-0.15, -0.1) is 0 Å². The molecule has 0 radical (unpaired) electrons. The number of hydrogen-bond donors (Lipinski definition) is 2. The van der Waals surface area contributed by atoms with Crippen LogP contribution in [0.4, 0.5) is 0 Å². The topological polar surface area (TPSA) is 41.1 Å². The first kappa shape index (κ1) is 11.7. The van der Waals surface area contributed by atoms with Crippen molar-refractivity contribution in [3.05, 3.63) is 34.9 Å². The molecule has 0 saturated heterocycles. The van der Waals surface area contributed by atoms with E-state index in [4.69, 9.17) is 0 Å². The largest absolute Gasteiger partial charge is 0.352 e. The van der Waals surface area contributed by atoms with E-state index in [0.717, 1.165) is 31.6 Å². The summed E-state index contributed by atoms with van der Waals surface area (Å²) in [5.74, 6) is 0.795. The predicted octanol–water partition coefficient (Wildman–Crippen LogP) is 1.86. The highest BCUT2D eigenvalue weighted by Crippen LogP contribution is 2.25. The summed E-state index contributed by atoms with van der Waals surface area (Å²) in [5, 5.41) is 6.39. The van der Waals surface area contributed by atoms with Crippen LogP contribution in [0.15, 0.2) is 18.2 Å². The van der Waals surface area contributed by atoms with Crippen molar-refractivity contribution >= 4 is 5.91 Å². The molecule has 18 heavy (non-hydrogen) atoms. The lowest BCUT2D eigenvalue weighted by Crippen LogP contribution is -2.32. The number of benzene rings is 1. The lowest BCUT2D eigenvalue weighted by molar-refractivity contribution is 0.0939. The van der Waals surface area contributed by atoms with Gasteiger partial charge < -0.3 is 10.6 Å². The number of rotatable bonds is 3. The van der Waals surface area contributed by atoms with Crippen LogP contribution in [-0.2, 0) is 13.0 Å². The minimum Gasteiger partial charge on any atom is -0.352 e. The Hall–Kier alpha value is -1.35. The van der Waals surface area contributed by atoms with E-state index in [2.05, 4.69) is 16.7 Å². The smallest absolute Gasteiger partial charge is 0.251 e. The molecule has 1 fully saturated rings.